The number of nitrogens with zero attached hydrogens (tertiary/aromatic N) is 1. The van der Waals surface area contributed by atoms with Crippen LogP contribution in [0.5, 0.6) is 17.2 Å². The molecule has 0 aliphatic rings. The Morgan fingerprint density at radius 2 is 1.58 bits per heavy atom. The van der Waals surface area contributed by atoms with E-state index in [1.807, 2.05) is 31.3 Å². The second kappa shape index (κ2) is 6.45. The molecule has 5 nitrogen and oxygen atoms in total. The van der Waals surface area contributed by atoms with Crippen molar-refractivity contribution in [2.75, 3.05) is 21.3 Å². The van der Waals surface area contributed by atoms with E-state index in [0.29, 0.717) is 23.8 Å². The Hall–Kier alpha value is -2.66. The van der Waals surface area contributed by atoms with Gasteiger partial charge in [0.1, 0.15) is 0 Å². The molecule has 1 aromatic heterocycles. The molecule has 3 rings (SSSR count). The van der Waals surface area contributed by atoms with Crippen molar-refractivity contribution in [1.82, 2.24) is 4.57 Å². The summed E-state index contributed by atoms with van der Waals surface area (Å²) in [6, 6.07) is 12.2. The molecule has 2 aromatic carbocycles. The number of ether oxygens (including phenoxy) is 3. The molecule has 0 bridgehead atoms. The summed E-state index contributed by atoms with van der Waals surface area (Å²) < 4.78 is 18.5. The Bertz CT molecular complexity index is 859. The minimum atomic E-state index is 0.452. The van der Waals surface area contributed by atoms with E-state index in [4.69, 9.17) is 19.9 Å². The van der Waals surface area contributed by atoms with Crippen molar-refractivity contribution in [3.05, 3.63) is 42.0 Å². The van der Waals surface area contributed by atoms with E-state index in [2.05, 4.69) is 16.7 Å². The van der Waals surface area contributed by atoms with Gasteiger partial charge in [-0.3, -0.25) is 0 Å². The van der Waals surface area contributed by atoms with Gasteiger partial charge in [-0.1, -0.05) is 18.2 Å². The number of fused-ring (bicyclic) bond motifs is 1. The van der Waals surface area contributed by atoms with Crippen LogP contribution in [0.3, 0.4) is 0 Å². The second-order valence-electron chi connectivity index (χ2n) is 5.52. The highest BCUT2D eigenvalue weighted by Crippen LogP contribution is 2.43. The molecule has 0 saturated carbocycles. The first kappa shape index (κ1) is 16.2. The molecule has 0 amide bonds. The van der Waals surface area contributed by atoms with Crippen LogP contribution in [0.4, 0.5) is 0 Å². The van der Waals surface area contributed by atoms with E-state index < -0.39 is 0 Å². The summed E-state index contributed by atoms with van der Waals surface area (Å²) in [4.78, 5) is 0. The molecule has 126 valence electrons. The lowest BCUT2D eigenvalue weighted by molar-refractivity contribution is 0.324. The molecule has 0 aliphatic carbocycles. The highest BCUT2D eigenvalue weighted by atomic mass is 16.5. The number of nitrogens with two attached hydrogens (primary N) is 1. The fourth-order valence-electron chi connectivity index (χ4n) is 3.26. The third-order valence-electron chi connectivity index (χ3n) is 4.35. The zero-order valence-electron chi connectivity index (χ0n) is 14.4. The molecule has 0 unspecified atom stereocenters. The smallest absolute Gasteiger partial charge is 0.203 e. The molecule has 5 heteroatoms. The molecule has 0 aliphatic heterocycles. The second-order valence-corrected chi connectivity index (χ2v) is 5.52. The van der Waals surface area contributed by atoms with Gasteiger partial charge in [0.25, 0.3) is 0 Å². The molecule has 24 heavy (non-hydrogen) atoms. The van der Waals surface area contributed by atoms with Crippen molar-refractivity contribution in [1.29, 1.82) is 0 Å². The summed E-state index contributed by atoms with van der Waals surface area (Å²) in [5.74, 6) is 1.83. The first-order chi connectivity index (χ1) is 11.7. The maximum atomic E-state index is 6.06. The lowest BCUT2D eigenvalue weighted by Crippen LogP contribution is -2.01. The maximum absolute atomic E-state index is 6.06. The Morgan fingerprint density at radius 1 is 0.958 bits per heavy atom. The maximum Gasteiger partial charge on any atom is 0.203 e. The van der Waals surface area contributed by atoms with Crippen molar-refractivity contribution in [3.8, 4) is 28.5 Å². The fraction of sp³-hybridized carbons (Fsp3) is 0.263. The van der Waals surface area contributed by atoms with E-state index in [9.17, 15) is 0 Å². The zero-order valence-corrected chi connectivity index (χ0v) is 14.4. The van der Waals surface area contributed by atoms with Gasteiger partial charge < -0.3 is 24.5 Å². The molecule has 0 saturated heterocycles. The third kappa shape index (κ3) is 2.37. The number of aromatic nitrogens is 1. The van der Waals surface area contributed by atoms with Gasteiger partial charge in [0.05, 0.1) is 27.0 Å². The van der Waals surface area contributed by atoms with Crippen molar-refractivity contribution >= 4 is 10.9 Å². The summed E-state index contributed by atoms with van der Waals surface area (Å²) >= 11 is 0. The average molecular weight is 326 g/mol. The van der Waals surface area contributed by atoms with Gasteiger partial charge in [0.2, 0.25) is 5.75 Å². The monoisotopic (exact) mass is 326 g/mol. The van der Waals surface area contributed by atoms with Gasteiger partial charge in [-0.05, 0) is 23.8 Å². The summed E-state index contributed by atoms with van der Waals surface area (Å²) in [6.45, 7) is 0.452. The number of hydrogen-bond acceptors (Lipinski definition) is 4. The predicted octanol–water partition coefficient (Wildman–Crippen LogP) is 3.33. The molecule has 0 radical (unpaired) electrons. The van der Waals surface area contributed by atoms with Gasteiger partial charge >= 0.3 is 0 Å². The van der Waals surface area contributed by atoms with Crippen LogP contribution in [-0.2, 0) is 13.6 Å². The Morgan fingerprint density at radius 3 is 2.12 bits per heavy atom. The molecule has 0 atom stereocenters. The lowest BCUT2D eigenvalue weighted by atomic mass is 10.0. The average Bonchev–Trinajstić information content (AvgIpc) is 2.92. The molecular formula is C19H22N2O3. The van der Waals surface area contributed by atoms with E-state index in [1.165, 1.54) is 0 Å². The van der Waals surface area contributed by atoms with Crippen LogP contribution >= 0.6 is 0 Å². The standard InChI is InChI=1S/C19H22N2O3/c1-21-15-8-6-5-7-13(15)14(11-20)18(21)12-9-16(22-2)19(24-4)17(10-12)23-3/h5-10H,11,20H2,1-4H3. The van der Waals surface area contributed by atoms with Crippen LogP contribution in [0.1, 0.15) is 5.56 Å². The predicted molar refractivity (Wildman–Crippen MR) is 95.9 cm³/mol. The van der Waals surface area contributed by atoms with E-state index in [-0.39, 0.29) is 0 Å². The van der Waals surface area contributed by atoms with E-state index in [0.717, 1.165) is 27.7 Å². The fourth-order valence-corrected chi connectivity index (χ4v) is 3.26. The molecule has 2 N–H and O–H groups in total. The van der Waals surface area contributed by atoms with Gasteiger partial charge in [-0.25, -0.2) is 0 Å². The first-order valence-electron chi connectivity index (χ1n) is 7.73. The van der Waals surface area contributed by atoms with Crippen LogP contribution < -0.4 is 19.9 Å². The summed E-state index contributed by atoms with van der Waals surface area (Å²) in [5, 5.41) is 1.16. The topological polar surface area (TPSA) is 58.6 Å². The van der Waals surface area contributed by atoms with Gasteiger partial charge in [0, 0.05) is 30.1 Å². The molecule has 0 spiro atoms. The van der Waals surface area contributed by atoms with Crippen molar-refractivity contribution in [3.63, 3.8) is 0 Å². The number of methoxy groups -OCH3 is 3. The summed E-state index contributed by atoms with van der Waals surface area (Å²) in [6.07, 6.45) is 0. The Kier molecular flexibility index (Phi) is 4.36. The summed E-state index contributed by atoms with van der Waals surface area (Å²) in [7, 11) is 6.88. The Labute approximate surface area is 141 Å². The van der Waals surface area contributed by atoms with Gasteiger partial charge in [0.15, 0.2) is 11.5 Å². The number of hydrogen-bond donors (Lipinski definition) is 1. The number of rotatable bonds is 5. The molecular weight excluding hydrogens is 304 g/mol. The lowest BCUT2D eigenvalue weighted by Gasteiger charge is -2.15. The van der Waals surface area contributed by atoms with Crippen LogP contribution in [0, 0.1) is 0 Å². The minimum Gasteiger partial charge on any atom is -0.493 e. The normalized spacial score (nSPS) is 10.9. The van der Waals surface area contributed by atoms with Crippen molar-refractivity contribution in [2.24, 2.45) is 12.8 Å². The molecule has 0 fully saturated rings. The number of para-hydroxylation sites is 1. The van der Waals surface area contributed by atoms with Crippen LogP contribution in [0.25, 0.3) is 22.2 Å². The third-order valence-corrected chi connectivity index (χ3v) is 4.35. The highest BCUT2D eigenvalue weighted by Gasteiger charge is 2.20. The SMILES string of the molecule is COc1cc(-c2c(CN)c3ccccc3n2C)cc(OC)c1OC. The zero-order chi connectivity index (χ0) is 17.3. The van der Waals surface area contributed by atoms with Crippen LogP contribution in [0.2, 0.25) is 0 Å². The van der Waals surface area contributed by atoms with Gasteiger partial charge in [-0.15, -0.1) is 0 Å². The molecule has 1 heterocycles. The summed E-state index contributed by atoms with van der Waals surface area (Å²) in [5.41, 5.74) is 10.3. The van der Waals surface area contributed by atoms with Crippen LogP contribution in [-0.4, -0.2) is 25.9 Å². The van der Waals surface area contributed by atoms with Crippen LogP contribution in [0.15, 0.2) is 36.4 Å². The van der Waals surface area contributed by atoms with E-state index in [1.54, 1.807) is 21.3 Å². The highest BCUT2D eigenvalue weighted by molar-refractivity contribution is 5.92. The van der Waals surface area contributed by atoms with E-state index >= 15 is 0 Å². The number of aryl methyl sites for hydroxylation is 1. The largest absolute Gasteiger partial charge is 0.493 e. The van der Waals surface area contributed by atoms with Gasteiger partial charge in [-0.2, -0.15) is 0 Å². The Balaban J connectivity index is 2.33. The molecule has 3 aromatic rings. The minimum absolute atomic E-state index is 0.452. The van der Waals surface area contributed by atoms with Crippen molar-refractivity contribution < 1.29 is 14.2 Å². The van der Waals surface area contributed by atoms with Crippen molar-refractivity contribution in [2.45, 2.75) is 6.54 Å². The number of benzene rings is 2. The quantitative estimate of drug-likeness (QED) is 0.781. The first-order valence-corrected chi connectivity index (χ1v) is 7.73.